The van der Waals surface area contributed by atoms with E-state index in [1.54, 1.807) is 18.3 Å². The van der Waals surface area contributed by atoms with E-state index in [4.69, 9.17) is 44.3 Å². The molecule has 0 aliphatic rings. The van der Waals surface area contributed by atoms with E-state index in [-0.39, 0.29) is 0 Å². The molecule has 0 aliphatic carbocycles. The van der Waals surface area contributed by atoms with E-state index in [0.29, 0.717) is 46.3 Å². The van der Waals surface area contributed by atoms with Gasteiger partial charge in [0, 0.05) is 5.02 Å². The van der Waals surface area contributed by atoms with Crippen LogP contribution < -0.4 is 14.9 Å². The van der Waals surface area contributed by atoms with Crippen molar-refractivity contribution in [1.82, 2.24) is 5.43 Å². The highest BCUT2D eigenvalue weighted by Gasteiger charge is 2.12. The molecular weight excluding hydrogens is 523 g/mol. The van der Waals surface area contributed by atoms with Gasteiger partial charge in [0.1, 0.15) is 6.61 Å². The average Bonchev–Trinajstić information content (AvgIpc) is 2.74. The van der Waals surface area contributed by atoms with E-state index >= 15 is 0 Å². The second-order valence-corrected chi connectivity index (χ2v) is 8.62. The molecular formula is C23H20BrCl3N2O2. The minimum absolute atomic E-state index is 0.325. The molecule has 0 aliphatic heterocycles. The molecule has 0 fully saturated rings. The van der Waals surface area contributed by atoms with Crippen LogP contribution in [0.4, 0.5) is 0 Å². The topological polar surface area (TPSA) is 42.8 Å². The highest BCUT2D eigenvalue weighted by Crippen LogP contribution is 2.37. The summed E-state index contributed by atoms with van der Waals surface area (Å²) in [4.78, 5) is 0. The second kappa shape index (κ2) is 11.6. The monoisotopic (exact) mass is 540 g/mol. The van der Waals surface area contributed by atoms with E-state index in [1.165, 1.54) is 0 Å². The zero-order valence-electron chi connectivity index (χ0n) is 16.7. The molecule has 0 atom stereocenters. The lowest BCUT2D eigenvalue weighted by Gasteiger charge is -2.15. The zero-order chi connectivity index (χ0) is 22.2. The number of benzene rings is 3. The minimum atomic E-state index is 0.325. The first-order valence-electron chi connectivity index (χ1n) is 9.49. The number of halogens is 4. The number of hydrazone groups is 1. The van der Waals surface area contributed by atoms with Crippen molar-refractivity contribution in [2.75, 3.05) is 6.61 Å². The fourth-order valence-electron chi connectivity index (χ4n) is 2.71. The standard InChI is InChI=1S/C23H20BrCl3N2O2/c1-2-30-22-11-17(13-29-28-12-15-3-6-18(25)7-4-15)9-19(24)23(22)31-14-16-5-8-20(26)21(27)10-16/h3-11,13,28H,2,12,14H2,1H3/b29-13-. The van der Waals surface area contributed by atoms with Gasteiger partial charge in [0.2, 0.25) is 0 Å². The normalized spacial score (nSPS) is 11.0. The Balaban J connectivity index is 1.68. The lowest BCUT2D eigenvalue weighted by molar-refractivity contribution is 0.267. The van der Waals surface area contributed by atoms with Gasteiger partial charge >= 0.3 is 0 Å². The third-order valence-electron chi connectivity index (χ3n) is 4.20. The molecule has 0 amide bonds. The third kappa shape index (κ3) is 7.04. The summed E-state index contributed by atoms with van der Waals surface area (Å²) in [5.74, 6) is 1.23. The van der Waals surface area contributed by atoms with E-state index in [1.807, 2.05) is 49.4 Å². The van der Waals surface area contributed by atoms with Gasteiger partial charge in [-0.05, 0) is 75.9 Å². The summed E-state index contributed by atoms with van der Waals surface area (Å²) < 4.78 is 12.5. The van der Waals surface area contributed by atoms with Crippen molar-refractivity contribution in [2.45, 2.75) is 20.1 Å². The van der Waals surface area contributed by atoms with Crippen LogP contribution in [0.3, 0.4) is 0 Å². The molecule has 0 saturated heterocycles. The van der Waals surface area contributed by atoms with Crippen LogP contribution in [0.15, 0.2) is 64.2 Å². The number of nitrogens with one attached hydrogen (secondary N) is 1. The van der Waals surface area contributed by atoms with Crippen molar-refractivity contribution >= 4 is 56.9 Å². The van der Waals surface area contributed by atoms with Gasteiger partial charge in [-0.15, -0.1) is 0 Å². The highest BCUT2D eigenvalue weighted by molar-refractivity contribution is 9.10. The van der Waals surface area contributed by atoms with Crippen LogP contribution >= 0.6 is 50.7 Å². The fraction of sp³-hybridized carbons (Fsp3) is 0.174. The molecule has 0 bridgehead atoms. The highest BCUT2D eigenvalue weighted by atomic mass is 79.9. The van der Waals surface area contributed by atoms with Crippen LogP contribution in [0.5, 0.6) is 11.5 Å². The van der Waals surface area contributed by atoms with Crippen molar-refractivity contribution in [3.05, 3.63) is 90.8 Å². The molecule has 0 radical (unpaired) electrons. The maximum absolute atomic E-state index is 6.09. The summed E-state index contributed by atoms with van der Waals surface area (Å²) in [5.41, 5.74) is 5.88. The summed E-state index contributed by atoms with van der Waals surface area (Å²) in [6.07, 6.45) is 1.73. The Morgan fingerprint density at radius 1 is 0.935 bits per heavy atom. The van der Waals surface area contributed by atoms with Gasteiger partial charge < -0.3 is 14.9 Å². The minimum Gasteiger partial charge on any atom is -0.490 e. The summed E-state index contributed by atoms with van der Waals surface area (Å²) in [6.45, 7) is 3.35. The summed E-state index contributed by atoms with van der Waals surface area (Å²) in [7, 11) is 0. The van der Waals surface area contributed by atoms with Crippen LogP contribution in [-0.2, 0) is 13.2 Å². The van der Waals surface area contributed by atoms with E-state index in [2.05, 4.69) is 26.5 Å². The number of hydrogen-bond donors (Lipinski definition) is 1. The molecule has 0 unspecified atom stereocenters. The maximum Gasteiger partial charge on any atom is 0.175 e. The third-order valence-corrected chi connectivity index (χ3v) is 5.78. The lowest BCUT2D eigenvalue weighted by atomic mass is 10.2. The van der Waals surface area contributed by atoms with Crippen molar-refractivity contribution < 1.29 is 9.47 Å². The van der Waals surface area contributed by atoms with Gasteiger partial charge in [0.25, 0.3) is 0 Å². The Labute approximate surface area is 205 Å². The van der Waals surface area contributed by atoms with Crippen LogP contribution in [0.1, 0.15) is 23.6 Å². The molecule has 0 saturated carbocycles. The predicted octanol–water partition coefficient (Wildman–Crippen LogP) is 7.51. The average molecular weight is 543 g/mol. The number of nitrogens with zero attached hydrogens (tertiary/aromatic N) is 1. The van der Waals surface area contributed by atoms with Crippen molar-refractivity contribution in [3.8, 4) is 11.5 Å². The molecule has 3 aromatic carbocycles. The predicted molar refractivity (Wildman–Crippen MR) is 132 cm³/mol. The van der Waals surface area contributed by atoms with Gasteiger partial charge in [-0.2, -0.15) is 5.10 Å². The molecule has 4 nitrogen and oxygen atoms in total. The van der Waals surface area contributed by atoms with Crippen LogP contribution in [0.2, 0.25) is 15.1 Å². The Hall–Kier alpha value is -1.92. The first kappa shape index (κ1) is 23.7. The molecule has 0 spiro atoms. The zero-order valence-corrected chi connectivity index (χ0v) is 20.5. The second-order valence-electron chi connectivity index (χ2n) is 6.52. The first-order chi connectivity index (χ1) is 15.0. The first-order valence-corrected chi connectivity index (χ1v) is 11.4. The van der Waals surface area contributed by atoms with Crippen LogP contribution in [0, 0.1) is 0 Å². The number of hydrogen-bond acceptors (Lipinski definition) is 4. The van der Waals surface area contributed by atoms with E-state index < -0.39 is 0 Å². The Morgan fingerprint density at radius 2 is 1.68 bits per heavy atom. The van der Waals surface area contributed by atoms with Gasteiger partial charge in [0.05, 0.1) is 33.9 Å². The van der Waals surface area contributed by atoms with Crippen LogP contribution in [0.25, 0.3) is 0 Å². The maximum atomic E-state index is 6.09. The van der Waals surface area contributed by atoms with Gasteiger partial charge in [-0.25, -0.2) is 0 Å². The fourth-order valence-corrected chi connectivity index (χ4v) is 3.73. The van der Waals surface area contributed by atoms with Crippen molar-refractivity contribution in [1.29, 1.82) is 0 Å². The molecule has 3 aromatic rings. The van der Waals surface area contributed by atoms with Gasteiger partial charge in [0.15, 0.2) is 11.5 Å². The van der Waals surface area contributed by atoms with E-state index in [9.17, 15) is 0 Å². The Morgan fingerprint density at radius 3 is 2.39 bits per heavy atom. The Kier molecular flexibility index (Phi) is 8.90. The number of rotatable bonds is 9. The SMILES string of the molecule is CCOc1cc(/C=N\NCc2ccc(Cl)cc2)cc(Br)c1OCc1ccc(Cl)c(Cl)c1. The molecule has 8 heteroatoms. The summed E-state index contributed by atoms with van der Waals surface area (Å²) in [5, 5.41) is 6.00. The smallest absolute Gasteiger partial charge is 0.175 e. The molecule has 1 N–H and O–H groups in total. The van der Waals surface area contributed by atoms with Crippen molar-refractivity contribution in [2.24, 2.45) is 5.10 Å². The van der Waals surface area contributed by atoms with Gasteiger partial charge in [-0.1, -0.05) is 53.0 Å². The largest absolute Gasteiger partial charge is 0.490 e. The summed E-state index contributed by atoms with van der Waals surface area (Å²) >= 11 is 21.5. The quantitative estimate of drug-likeness (QED) is 0.225. The molecule has 0 aromatic heterocycles. The van der Waals surface area contributed by atoms with Gasteiger partial charge in [-0.3, -0.25) is 0 Å². The van der Waals surface area contributed by atoms with Crippen molar-refractivity contribution in [3.63, 3.8) is 0 Å². The molecule has 0 heterocycles. The van der Waals surface area contributed by atoms with E-state index in [0.717, 1.165) is 21.2 Å². The molecule has 162 valence electrons. The lowest BCUT2D eigenvalue weighted by Crippen LogP contribution is -2.06. The summed E-state index contributed by atoms with van der Waals surface area (Å²) in [6, 6.07) is 16.8. The number of ether oxygens (including phenoxy) is 2. The Bertz CT molecular complexity index is 1060. The van der Waals surface area contributed by atoms with Crippen LogP contribution in [-0.4, -0.2) is 12.8 Å². The molecule has 31 heavy (non-hydrogen) atoms. The molecule has 3 rings (SSSR count).